The molecule has 0 fully saturated rings. The molecule has 1 N–H and O–H groups in total. The van der Waals surface area contributed by atoms with Crippen molar-refractivity contribution in [2.24, 2.45) is 5.92 Å². The van der Waals surface area contributed by atoms with Crippen molar-refractivity contribution in [3.8, 4) is 17.6 Å². The van der Waals surface area contributed by atoms with Gasteiger partial charge in [0.15, 0.2) is 0 Å². The molecule has 34 heavy (non-hydrogen) atoms. The van der Waals surface area contributed by atoms with Crippen LogP contribution in [-0.2, 0) is 14.8 Å². The number of aromatic nitrogens is 1. The molecule has 1 aliphatic heterocycles. The van der Waals surface area contributed by atoms with Gasteiger partial charge in [0, 0.05) is 43.7 Å². The zero-order chi connectivity index (χ0) is 24.9. The first kappa shape index (κ1) is 25.7. The minimum absolute atomic E-state index is 0.0116. The van der Waals surface area contributed by atoms with Gasteiger partial charge in [-0.25, -0.2) is 13.4 Å². The molecule has 9 heteroatoms. The quantitative estimate of drug-likeness (QED) is 0.652. The summed E-state index contributed by atoms with van der Waals surface area (Å²) in [5.74, 6) is 5.88. The second-order valence-corrected chi connectivity index (χ2v) is 10.4. The number of aliphatic hydroxyl groups is 1. The van der Waals surface area contributed by atoms with Gasteiger partial charge in [0.2, 0.25) is 15.9 Å². The third kappa shape index (κ3) is 5.76. The Labute approximate surface area is 201 Å². The average Bonchev–Trinajstić information content (AvgIpc) is 2.84. The number of benzene rings is 1. The van der Waals surface area contributed by atoms with Crippen LogP contribution in [0.1, 0.15) is 38.4 Å². The SMILES string of the molecule is CCC(=O)N(C)C[C@@H]1Oc2cc(C#Cc3ccccn3)ccc2S(=O)(=O)N([C@@H](C)CO)C[C@@H]1C. The minimum Gasteiger partial charge on any atom is -0.487 e. The number of pyridine rings is 1. The molecule has 0 radical (unpaired) electrons. The Morgan fingerprint density at radius 2 is 2.09 bits per heavy atom. The van der Waals surface area contributed by atoms with Crippen LogP contribution in [0, 0.1) is 17.8 Å². The van der Waals surface area contributed by atoms with Crippen molar-refractivity contribution in [3.63, 3.8) is 0 Å². The average molecular weight is 486 g/mol. The van der Waals surface area contributed by atoms with Gasteiger partial charge in [0.25, 0.3) is 0 Å². The molecule has 0 aliphatic carbocycles. The highest BCUT2D eigenvalue weighted by Crippen LogP contribution is 2.34. The lowest BCUT2D eigenvalue weighted by molar-refractivity contribution is -0.131. The van der Waals surface area contributed by atoms with Gasteiger partial charge in [-0.1, -0.05) is 25.8 Å². The Hall–Kier alpha value is -2.93. The molecule has 2 aromatic rings. The van der Waals surface area contributed by atoms with E-state index in [1.54, 1.807) is 56.3 Å². The number of fused-ring (bicyclic) bond motifs is 1. The van der Waals surface area contributed by atoms with Crippen LogP contribution >= 0.6 is 0 Å². The number of aliphatic hydroxyl groups excluding tert-OH is 1. The number of rotatable bonds is 5. The van der Waals surface area contributed by atoms with Crippen LogP contribution in [0.25, 0.3) is 0 Å². The van der Waals surface area contributed by atoms with E-state index >= 15 is 0 Å². The smallest absolute Gasteiger partial charge is 0.247 e. The molecule has 0 unspecified atom stereocenters. The zero-order valence-electron chi connectivity index (χ0n) is 19.9. The molecule has 2 heterocycles. The predicted molar refractivity (Wildman–Crippen MR) is 129 cm³/mol. The summed E-state index contributed by atoms with van der Waals surface area (Å²) in [6.45, 7) is 5.50. The number of carbonyl (C=O) groups is 1. The van der Waals surface area contributed by atoms with Gasteiger partial charge in [0.05, 0.1) is 13.2 Å². The Morgan fingerprint density at radius 1 is 1.32 bits per heavy atom. The number of nitrogens with zero attached hydrogens (tertiary/aromatic N) is 3. The van der Waals surface area contributed by atoms with E-state index in [-0.39, 0.29) is 35.6 Å². The molecule has 0 saturated carbocycles. The van der Waals surface area contributed by atoms with Crippen molar-refractivity contribution < 1.29 is 23.1 Å². The molecule has 1 aromatic carbocycles. The maximum absolute atomic E-state index is 13.5. The van der Waals surface area contributed by atoms with Gasteiger partial charge in [-0.3, -0.25) is 4.79 Å². The van der Waals surface area contributed by atoms with E-state index in [4.69, 9.17) is 4.74 Å². The highest BCUT2D eigenvalue weighted by molar-refractivity contribution is 7.89. The highest BCUT2D eigenvalue weighted by Gasteiger charge is 2.38. The number of ether oxygens (including phenoxy) is 1. The van der Waals surface area contributed by atoms with Gasteiger partial charge in [0.1, 0.15) is 22.4 Å². The highest BCUT2D eigenvalue weighted by atomic mass is 32.2. The van der Waals surface area contributed by atoms with Crippen LogP contribution in [0.4, 0.5) is 0 Å². The van der Waals surface area contributed by atoms with Crippen molar-refractivity contribution in [3.05, 3.63) is 53.9 Å². The van der Waals surface area contributed by atoms with E-state index < -0.39 is 22.2 Å². The largest absolute Gasteiger partial charge is 0.487 e. The van der Waals surface area contributed by atoms with Gasteiger partial charge < -0.3 is 14.7 Å². The molecule has 1 aromatic heterocycles. The molecule has 0 bridgehead atoms. The molecule has 3 atom stereocenters. The monoisotopic (exact) mass is 485 g/mol. The molecular weight excluding hydrogens is 454 g/mol. The van der Waals surface area contributed by atoms with Crippen LogP contribution in [0.5, 0.6) is 5.75 Å². The number of amides is 1. The van der Waals surface area contributed by atoms with Crippen LogP contribution < -0.4 is 4.74 Å². The Bertz CT molecular complexity index is 1170. The van der Waals surface area contributed by atoms with Crippen molar-refractivity contribution in [1.29, 1.82) is 0 Å². The second-order valence-electron chi connectivity index (χ2n) is 8.49. The van der Waals surface area contributed by atoms with E-state index in [9.17, 15) is 18.3 Å². The van der Waals surface area contributed by atoms with Gasteiger partial charge in [-0.05, 0) is 43.2 Å². The fourth-order valence-electron chi connectivity index (χ4n) is 3.74. The van der Waals surface area contributed by atoms with Gasteiger partial charge in [-0.2, -0.15) is 4.31 Å². The topological polar surface area (TPSA) is 100 Å². The van der Waals surface area contributed by atoms with E-state index in [0.717, 1.165) is 0 Å². The third-order valence-corrected chi connectivity index (χ3v) is 7.87. The van der Waals surface area contributed by atoms with E-state index in [1.165, 1.54) is 10.4 Å². The fourth-order valence-corrected chi connectivity index (χ4v) is 5.56. The lowest BCUT2D eigenvalue weighted by Gasteiger charge is -2.37. The maximum atomic E-state index is 13.5. The van der Waals surface area contributed by atoms with Crippen molar-refractivity contribution in [1.82, 2.24) is 14.2 Å². The Morgan fingerprint density at radius 3 is 2.74 bits per heavy atom. The Balaban J connectivity index is 2.06. The first-order valence-corrected chi connectivity index (χ1v) is 12.7. The lowest BCUT2D eigenvalue weighted by atomic mass is 10.0. The summed E-state index contributed by atoms with van der Waals surface area (Å²) in [5, 5.41) is 9.74. The van der Waals surface area contributed by atoms with Gasteiger partial charge in [-0.15, -0.1) is 0 Å². The summed E-state index contributed by atoms with van der Waals surface area (Å²) in [5.41, 5.74) is 1.17. The standard InChI is InChI=1S/C25H31N3O5S/c1-5-25(30)27(4)16-23-18(2)15-28(19(3)17-29)34(31,32)24-12-10-20(14-22(24)33-23)9-11-21-8-6-7-13-26-21/h6-8,10,12-14,18-19,23,29H,5,15-17H2,1-4H3/t18-,19-,23-/m0/s1. The maximum Gasteiger partial charge on any atom is 0.247 e. The normalized spacial score (nSPS) is 20.5. The minimum atomic E-state index is -3.94. The van der Waals surface area contributed by atoms with E-state index in [2.05, 4.69) is 16.8 Å². The van der Waals surface area contributed by atoms with E-state index in [1.807, 2.05) is 13.0 Å². The summed E-state index contributed by atoms with van der Waals surface area (Å²) >= 11 is 0. The molecule has 1 amide bonds. The molecule has 0 saturated heterocycles. The summed E-state index contributed by atoms with van der Waals surface area (Å²) in [4.78, 5) is 18.0. The predicted octanol–water partition coefficient (Wildman–Crippen LogP) is 2.12. The number of carbonyl (C=O) groups excluding carboxylic acids is 1. The van der Waals surface area contributed by atoms with Crippen LogP contribution in [0.2, 0.25) is 0 Å². The van der Waals surface area contributed by atoms with Crippen molar-refractivity contribution in [2.45, 2.75) is 44.2 Å². The van der Waals surface area contributed by atoms with Crippen LogP contribution in [0.15, 0.2) is 47.5 Å². The fraction of sp³-hybridized carbons (Fsp3) is 0.440. The molecule has 182 valence electrons. The number of hydrogen-bond donors (Lipinski definition) is 1. The van der Waals surface area contributed by atoms with Crippen LogP contribution in [0.3, 0.4) is 0 Å². The zero-order valence-corrected chi connectivity index (χ0v) is 20.7. The summed E-state index contributed by atoms with van der Waals surface area (Å²) in [6.07, 6.45) is 1.56. The molecule has 1 aliphatic rings. The number of hydrogen-bond acceptors (Lipinski definition) is 6. The third-order valence-electron chi connectivity index (χ3n) is 5.85. The first-order chi connectivity index (χ1) is 16.2. The second kappa shape index (κ2) is 11.0. The summed E-state index contributed by atoms with van der Waals surface area (Å²) in [6, 6.07) is 9.53. The Kier molecular flexibility index (Phi) is 8.31. The molecule has 0 spiro atoms. The van der Waals surface area contributed by atoms with Gasteiger partial charge >= 0.3 is 0 Å². The molecule has 8 nitrogen and oxygen atoms in total. The summed E-state index contributed by atoms with van der Waals surface area (Å²) < 4.78 is 34.6. The first-order valence-electron chi connectivity index (χ1n) is 11.3. The summed E-state index contributed by atoms with van der Waals surface area (Å²) in [7, 11) is -2.23. The number of sulfonamides is 1. The molecular formula is C25H31N3O5S. The van der Waals surface area contributed by atoms with Crippen LogP contribution in [-0.4, -0.2) is 72.5 Å². The molecule has 3 rings (SSSR count). The van der Waals surface area contributed by atoms with Crippen molar-refractivity contribution >= 4 is 15.9 Å². The number of likely N-dealkylation sites (N-methyl/N-ethyl adjacent to an activating group) is 1. The van der Waals surface area contributed by atoms with Crippen molar-refractivity contribution in [2.75, 3.05) is 26.7 Å². The lowest BCUT2D eigenvalue weighted by Crippen LogP contribution is -2.50. The van der Waals surface area contributed by atoms with E-state index in [0.29, 0.717) is 24.2 Å².